The number of anilines is 1. The van der Waals surface area contributed by atoms with Crippen LogP contribution in [0.2, 0.25) is 5.02 Å². The highest BCUT2D eigenvalue weighted by Crippen LogP contribution is 2.28. The summed E-state index contributed by atoms with van der Waals surface area (Å²) in [6.45, 7) is 2.54. The van der Waals surface area contributed by atoms with Crippen LogP contribution in [0.1, 0.15) is 16.5 Å². The maximum Gasteiger partial charge on any atom is 0.130 e. The molecule has 146 valence electrons. The Labute approximate surface area is 178 Å². The summed E-state index contributed by atoms with van der Waals surface area (Å²) in [6.07, 6.45) is 3.34. The van der Waals surface area contributed by atoms with Crippen molar-refractivity contribution in [3.8, 4) is 22.5 Å². The highest BCUT2D eigenvalue weighted by atomic mass is 35.5. The molecule has 4 aromatic rings. The lowest BCUT2D eigenvalue weighted by Gasteiger charge is -2.12. The number of halogens is 1. The van der Waals surface area contributed by atoms with Crippen LogP contribution < -0.4 is 11.1 Å². The van der Waals surface area contributed by atoms with Crippen molar-refractivity contribution in [2.75, 3.05) is 11.9 Å². The van der Waals surface area contributed by atoms with E-state index in [9.17, 15) is 0 Å². The Morgan fingerprint density at radius 3 is 2.72 bits per heavy atom. The normalized spacial score (nSPS) is 12.0. The predicted octanol–water partition coefficient (Wildman–Crippen LogP) is 5.34. The monoisotopic (exact) mass is 421 g/mol. The number of aromatic nitrogens is 3. The Hall–Kier alpha value is -2.80. The molecule has 3 aromatic heterocycles. The molecule has 0 amide bonds. The van der Waals surface area contributed by atoms with Crippen molar-refractivity contribution in [1.82, 2.24) is 15.0 Å². The number of aryl methyl sites for hydroxylation is 1. The Morgan fingerprint density at radius 2 is 1.93 bits per heavy atom. The van der Waals surface area contributed by atoms with Crippen LogP contribution in [0.3, 0.4) is 0 Å². The van der Waals surface area contributed by atoms with Crippen LogP contribution >= 0.6 is 22.9 Å². The zero-order valence-corrected chi connectivity index (χ0v) is 17.4. The van der Waals surface area contributed by atoms with Crippen LogP contribution in [0.4, 0.5) is 5.82 Å². The molecule has 3 heterocycles. The topological polar surface area (TPSA) is 76.7 Å². The molecule has 0 bridgehead atoms. The quantitative estimate of drug-likeness (QED) is 0.439. The van der Waals surface area contributed by atoms with Crippen LogP contribution in [0.15, 0.2) is 66.4 Å². The molecule has 0 aliphatic carbocycles. The molecular formula is C22H20ClN5S. The molecule has 5 nitrogen and oxygen atoms in total. The molecule has 0 fully saturated rings. The molecule has 0 unspecified atom stereocenters. The third kappa shape index (κ3) is 4.62. The number of nitrogens with one attached hydrogen (secondary N) is 1. The second-order valence-corrected chi connectivity index (χ2v) is 8.04. The summed E-state index contributed by atoms with van der Waals surface area (Å²) in [5.74, 6) is 0.726. The second kappa shape index (κ2) is 8.69. The third-order valence-electron chi connectivity index (χ3n) is 4.58. The van der Waals surface area contributed by atoms with Crippen molar-refractivity contribution < 1.29 is 0 Å². The average Bonchev–Trinajstić information content (AvgIpc) is 3.25. The molecule has 29 heavy (non-hydrogen) atoms. The van der Waals surface area contributed by atoms with Crippen molar-refractivity contribution >= 4 is 28.8 Å². The van der Waals surface area contributed by atoms with Gasteiger partial charge in [-0.25, -0.2) is 9.97 Å². The summed E-state index contributed by atoms with van der Waals surface area (Å²) in [5, 5.41) is 6.12. The minimum atomic E-state index is -0.148. The van der Waals surface area contributed by atoms with Gasteiger partial charge in [-0.15, -0.1) is 11.3 Å². The van der Waals surface area contributed by atoms with Gasteiger partial charge in [0.25, 0.3) is 0 Å². The minimum Gasteiger partial charge on any atom is -0.368 e. The lowest BCUT2D eigenvalue weighted by atomic mass is 10.1. The molecule has 3 N–H and O–H groups in total. The molecule has 1 aromatic carbocycles. The van der Waals surface area contributed by atoms with Crippen molar-refractivity contribution in [2.45, 2.75) is 13.0 Å². The summed E-state index contributed by atoms with van der Waals surface area (Å²) in [4.78, 5) is 14.1. The minimum absolute atomic E-state index is 0.148. The maximum atomic E-state index is 6.39. The van der Waals surface area contributed by atoms with Crippen LogP contribution in [-0.4, -0.2) is 21.5 Å². The van der Waals surface area contributed by atoms with E-state index >= 15 is 0 Å². The fraction of sp³-hybridized carbons (Fsp3) is 0.136. The molecule has 0 aliphatic rings. The standard InChI is InChI=1S/C22H20ClN5S/c1-14-5-6-15(8-17(14)23)20-10-22(28-13-27-20)26-11-18(24)21-9-16(12-29-21)19-4-2-3-7-25-19/h2-10,12-13,18H,11,24H2,1H3,(H,26,27,28)/t18-/m0/s1. The lowest BCUT2D eigenvalue weighted by Crippen LogP contribution is -2.20. The van der Waals surface area contributed by atoms with Crippen molar-refractivity contribution in [2.24, 2.45) is 5.73 Å². The zero-order valence-electron chi connectivity index (χ0n) is 15.8. The molecule has 0 spiro atoms. The first-order chi connectivity index (χ1) is 14.1. The first-order valence-corrected chi connectivity index (χ1v) is 10.4. The summed E-state index contributed by atoms with van der Waals surface area (Å²) < 4.78 is 0. The van der Waals surface area contributed by atoms with Crippen molar-refractivity contribution in [3.05, 3.63) is 81.9 Å². The van der Waals surface area contributed by atoms with Crippen LogP contribution in [0, 0.1) is 6.92 Å². The molecule has 0 saturated carbocycles. The fourth-order valence-electron chi connectivity index (χ4n) is 2.89. The van der Waals surface area contributed by atoms with Gasteiger partial charge in [-0.3, -0.25) is 4.98 Å². The second-order valence-electron chi connectivity index (χ2n) is 6.69. The van der Waals surface area contributed by atoms with Gasteiger partial charge in [-0.1, -0.05) is 29.8 Å². The van der Waals surface area contributed by atoms with E-state index in [0.29, 0.717) is 6.54 Å². The Kier molecular flexibility index (Phi) is 5.85. The van der Waals surface area contributed by atoms with E-state index in [1.807, 2.05) is 49.4 Å². The molecule has 0 saturated heterocycles. The Balaban J connectivity index is 1.44. The van der Waals surface area contributed by atoms with Gasteiger partial charge in [0.1, 0.15) is 12.1 Å². The van der Waals surface area contributed by atoms with Crippen LogP contribution in [0.5, 0.6) is 0 Å². The van der Waals surface area contributed by atoms with E-state index in [4.69, 9.17) is 17.3 Å². The number of nitrogens with zero attached hydrogens (tertiary/aromatic N) is 3. The van der Waals surface area contributed by atoms with Gasteiger partial charge in [0, 0.05) is 45.2 Å². The molecule has 1 atom stereocenters. The Bertz CT molecular complexity index is 1110. The average molecular weight is 422 g/mol. The number of hydrogen-bond donors (Lipinski definition) is 2. The fourth-order valence-corrected chi connectivity index (χ4v) is 3.98. The predicted molar refractivity (Wildman–Crippen MR) is 120 cm³/mol. The zero-order chi connectivity index (χ0) is 20.2. The maximum absolute atomic E-state index is 6.39. The summed E-state index contributed by atoms with van der Waals surface area (Å²) in [6, 6.07) is 15.6. The first kappa shape index (κ1) is 19.5. The SMILES string of the molecule is Cc1ccc(-c2cc(NC[C@H](N)c3cc(-c4ccccn4)cs3)ncn2)cc1Cl. The smallest absolute Gasteiger partial charge is 0.130 e. The highest BCUT2D eigenvalue weighted by molar-refractivity contribution is 7.10. The van der Waals surface area contributed by atoms with Gasteiger partial charge in [-0.2, -0.15) is 0 Å². The van der Waals surface area contributed by atoms with Gasteiger partial charge in [0.05, 0.1) is 17.4 Å². The number of thiophene rings is 1. The van der Waals surface area contributed by atoms with Gasteiger partial charge >= 0.3 is 0 Å². The molecular weight excluding hydrogens is 402 g/mol. The van der Waals surface area contributed by atoms with Crippen molar-refractivity contribution in [1.29, 1.82) is 0 Å². The van der Waals surface area contributed by atoms with E-state index in [1.54, 1.807) is 23.9 Å². The summed E-state index contributed by atoms with van der Waals surface area (Å²) in [7, 11) is 0. The van der Waals surface area contributed by atoms with E-state index in [1.165, 1.54) is 0 Å². The number of rotatable bonds is 6. The van der Waals surface area contributed by atoms with Crippen molar-refractivity contribution in [3.63, 3.8) is 0 Å². The number of pyridine rings is 1. The first-order valence-electron chi connectivity index (χ1n) is 9.18. The highest BCUT2D eigenvalue weighted by Gasteiger charge is 2.11. The summed E-state index contributed by atoms with van der Waals surface area (Å²) in [5.41, 5.74) is 11.2. The lowest BCUT2D eigenvalue weighted by molar-refractivity contribution is 0.777. The summed E-state index contributed by atoms with van der Waals surface area (Å²) >= 11 is 7.88. The Morgan fingerprint density at radius 1 is 1.03 bits per heavy atom. The van der Waals surface area contributed by atoms with Gasteiger partial charge < -0.3 is 11.1 Å². The molecule has 7 heteroatoms. The third-order valence-corrected chi connectivity index (χ3v) is 6.06. The molecule has 0 radical (unpaired) electrons. The number of benzene rings is 1. The van der Waals surface area contributed by atoms with Gasteiger partial charge in [-0.05, 0) is 36.8 Å². The van der Waals surface area contributed by atoms with E-state index in [0.717, 1.165) is 43.8 Å². The molecule has 4 rings (SSSR count). The van der Waals surface area contributed by atoms with Gasteiger partial charge in [0.15, 0.2) is 0 Å². The number of hydrogen-bond acceptors (Lipinski definition) is 6. The van der Waals surface area contributed by atoms with E-state index in [2.05, 4.69) is 31.7 Å². The number of nitrogens with two attached hydrogens (primary N) is 1. The van der Waals surface area contributed by atoms with E-state index < -0.39 is 0 Å². The van der Waals surface area contributed by atoms with Crippen LogP contribution in [0.25, 0.3) is 22.5 Å². The van der Waals surface area contributed by atoms with Crippen LogP contribution in [-0.2, 0) is 0 Å². The molecule has 0 aliphatic heterocycles. The van der Waals surface area contributed by atoms with Gasteiger partial charge in [0.2, 0.25) is 0 Å². The largest absolute Gasteiger partial charge is 0.368 e. The van der Waals surface area contributed by atoms with E-state index in [-0.39, 0.29) is 6.04 Å².